The molecule has 7 nitrogen and oxygen atoms in total. The third kappa shape index (κ3) is 9.53. The summed E-state index contributed by atoms with van der Waals surface area (Å²) in [5.74, 6) is 0. The van der Waals surface area contributed by atoms with Gasteiger partial charge >= 0.3 is 29.6 Å². The molecule has 0 aliphatic carbocycles. The van der Waals surface area contributed by atoms with Crippen molar-refractivity contribution in [2.45, 2.75) is 0 Å². The zero-order valence-electron chi connectivity index (χ0n) is 5.73. The fourth-order valence-electron chi connectivity index (χ4n) is 0.114. The van der Waals surface area contributed by atoms with E-state index >= 15 is 0 Å². The molecule has 11 heavy (non-hydrogen) atoms. The molecule has 0 aromatic carbocycles. The second-order valence-electron chi connectivity index (χ2n) is 0.918. The Labute approximate surface area is 83.8 Å². The number of carbonyl (C=O) groups excluding carboxylic acids is 1. The fraction of sp³-hybridized carbons (Fsp3) is 0. The fourth-order valence-corrected chi connectivity index (χ4v) is 0.114. The van der Waals surface area contributed by atoms with Crippen molar-refractivity contribution in [1.29, 1.82) is 0 Å². The zero-order valence-corrected chi connectivity index (χ0v) is 7.73. The molecule has 60 valence electrons. The maximum atomic E-state index is 9.47. The van der Waals surface area contributed by atoms with Crippen molar-refractivity contribution in [3.8, 4) is 0 Å². The molecule has 0 aliphatic rings. The molecule has 0 amide bonds. The normalized spacial score (nSPS) is 7.82. The first-order valence-corrected chi connectivity index (χ1v) is 1.64. The van der Waals surface area contributed by atoms with E-state index < -0.39 is 10.6 Å². The molecular weight excluding hydrogens is 169 g/mol. The van der Waals surface area contributed by atoms with Crippen LogP contribution in [0.4, 0.5) is 0 Å². The van der Waals surface area contributed by atoms with Crippen molar-refractivity contribution in [3.63, 3.8) is 0 Å². The molecule has 0 heterocycles. The maximum Gasteiger partial charge on any atom is 1.00 e. The van der Waals surface area contributed by atoms with E-state index in [0.29, 0.717) is 0 Å². The van der Waals surface area contributed by atoms with Gasteiger partial charge in [-0.1, -0.05) is 6.26 Å². The molecule has 0 radical (unpaired) electrons. The molecule has 0 saturated carbocycles. The van der Waals surface area contributed by atoms with Crippen molar-refractivity contribution >= 4 is 6.29 Å². The summed E-state index contributed by atoms with van der Waals surface area (Å²) in [6.07, 6.45) is -0.208. The Bertz CT molecular complexity index is 145. The minimum atomic E-state index is -1.04. The molecule has 0 aliphatic heterocycles. The van der Waals surface area contributed by atoms with E-state index in [-0.39, 0.29) is 53.1 Å². The van der Waals surface area contributed by atoms with Crippen LogP contribution in [0.15, 0.2) is 12.0 Å². The molecule has 0 fully saturated rings. The Morgan fingerprint density at radius 1 is 1.36 bits per heavy atom. The van der Waals surface area contributed by atoms with Gasteiger partial charge in [0.2, 0.25) is 6.29 Å². The van der Waals surface area contributed by atoms with Crippen molar-refractivity contribution in [2.75, 3.05) is 0 Å². The average molecular weight is 175 g/mol. The first-order valence-electron chi connectivity index (χ1n) is 1.64. The largest absolute Gasteiger partial charge is 1.00 e. The summed E-state index contributed by atoms with van der Waals surface area (Å²) in [6, 6.07) is 0. The van der Waals surface area contributed by atoms with Crippen molar-refractivity contribution in [2.24, 2.45) is 0 Å². The molecule has 8 heteroatoms. The minimum Gasteiger partial charge on any atom is -0.873 e. The molecule has 0 aromatic rings. The van der Waals surface area contributed by atoms with Gasteiger partial charge in [0, 0.05) is 0 Å². The first-order chi connectivity index (χ1) is 3.72. The molecule has 0 saturated heterocycles. The Morgan fingerprint density at radius 2 is 1.73 bits per heavy atom. The molecule has 0 rings (SSSR count). The number of allylic oxidation sites excluding steroid dienone is 1. The van der Waals surface area contributed by atoms with Crippen LogP contribution in [0.2, 0.25) is 0 Å². The molecule has 0 bridgehead atoms. The summed E-state index contributed by atoms with van der Waals surface area (Å²) in [5, 5.41) is 18.9. The summed E-state index contributed by atoms with van der Waals surface area (Å²) in [5.41, 5.74) is -0.954. The molecule has 0 unspecified atom stereocenters. The van der Waals surface area contributed by atoms with E-state index in [1.54, 1.807) is 0 Å². The van der Waals surface area contributed by atoms with Gasteiger partial charge in [0.25, 0.3) is 5.70 Å². The van der Waals surface area contributed by atoms with Gasteiger partial charge in [-0.3, -0.25) is 14.9 Å². The Hall–Kier alpha value is -0.470. The SMILES string of the molecule is O.O.O=C/C(=C\[O-])[N+](=O)[O-].[Na+]. The predicted octanol–water partition coefficient (Wildman–Crippen LogP) is -5.98. The minimum absolute atomic E-state index is 0. The monoisotopic (exact) mass is 175 g/mol. The Morgan fingerprint density at radius 3 is 1.73 bits per heavy atom. The number of aldehydes is 1. The number of hydrogen-bond acceptors (Lipinski definition) is 4. The van der Waals surface area contributed by atoms with Gasteiger partial charge in [-0.2, -0.15) is 0 Å². The van der Waals surface area contributed by atoms with Crippen LogP contribution in [-0.4, -0.2) is 22.2 Å². The second kappa shape index (κ2) is 12.2. The van der Waals surface area contributed by atoms with Crippen molar-refractivity contribution in [1.82, 2.24) is 0 Å². The Kier molecular flexibility index (Phi) is 24.9. The predicted molar refractivity (Wildman–Crippen MR) is 28.4 cm³/mol. The summed E-state index contributed by atoms with van der Waals surface area (Å²) in [4.78, 5) is 17.9. The number of hydrogen-bond donors (Lipinski definition) is 0. The van der Waals surface area contributed by atoms with Crippen LogP contribution in [0.1, 0.15) is 0 Å². The Balaban J connectivity index is -0.0000000817. The molecular formula is C3H6NNaO6. The van der Waals surface area contributed by atoms with Gasteiger partial charge < -0.3 is 16.1 Å². The number of rotatable bonds is 2. The van der Waals surface area contributed by atoms with Crippen LogP contribution in [-0.2, 0) is 4.79 Å². The average Bonchev–Trinajstić information content (AvgIpc) is 1.69. The van der Waals surface area contributed by atoms with E-state index in [1.165, 1.54) is 0 Å². The summed E-state index contributed by atoms with van der Waals surface area (Å²) >= 11 is 0. The van der Waals surface area contributed by atoms with Crippen LogP contribution < -0.4 is 34.7 Å². The van der Waals surface area contributed by atoms with Gasteiger partial charge in [-0.05, 0) is 0 Å². The van der Waals surface area contributed by atoms with Crippen molar-refractivity contribution < 1.29 is 55.3 Å². The first kappa shape index (κ1) is 22.4. The van der Waals surface area contributed by atoms with Gasteiger partial charge in [0.15, 0.2) is 0 Å². The topological polar surface area (TPSA) is 146 Å². The van der Waals surface area contributed by atoms with Gasteiger partial charge in [-0.25, -0.2) is 0 Å². The number of carbonyl (C=O) groups is 1. The van der Waals surface area contributed by atoms with E-state index in [9.17, 15) is 20.0 Å². The number of nitrogens with zero attached hydrogens (tertiary/aromatic N) is 1. The van der Waals surface area contributed by atoms with Gasteiger partial charge in [0.05, 0.1) is 4.92 Å². The van der Waals surface area contributed by atoms with E-state index in [2.05, 4.69) is 0 Å². The van der Waals surface area contributed by atoms with Crippen LogP contribution in [0.3, 0.4) is 0 Å². The third-order valence-corrected chi connectivity index (χ3v) is 0.452. The summed E-state index contributed by atoms with van der Waals surface area (Å²) in [6.45, 7) is 0. The zero-order chi connectivity index (χ0) is 6.57. The summed E-state index contributed by atoms with van der Waals surface area (Å²) in [7, 11) is 0. The van der Waals surface area contributed by atoms with E-state index in [1.807, 2.05) is 0 Å². The number of nitro groups is 1. The third-order valence-electron chi connectivity index (χ3n) is 0.452. The van der Waals surface area contributed by atoms with Crippen molar-refractivity contribution in [3.05, 3.63) is 22.1 Å². The smallest absolute Gasteiger partial charge is 0.873 e. The van der Waals surface area contributed by atoms with E-state index in [4.69, 9.17) is 0 Å². The van der Waals surface area contributed by atoms with Crippen LogP contribution in [0, 0.1) is 10.1 Å². The standard InChI is InChI=1S/C3H3NO4.Na.2H2O/c5-1-3(2-6)4(7)8;;;/h1-2,5H;;2*1H2/q;+1;;/p-1/b3-1+;;;. The van der Waals surface area contributed by atoms with E-state index in [0.717, 1.165) is 0 Å². The second-order valence-corrected chi connectivity index (χ2v) is 0.918. The van der Waals surface area contributed by atoms with Crippen LogP contribution >= 0.6 is 0 Å². The molecule has 0 aromatic heterocycles. The van der Waals surface area contributed by atoms with Crippen LogP contribution in [0.5, 0.6) is 0 Å². The van der Waals surface area contributed by atoms with Gasteiger partial charge in [0.1, 0.15) is 0 Å². The summed E-state index contributed by atoms with van der Waals surface area (Å²) < 4.78 is 0. The molecule has 0 spiro atoms. The maximum absolute atomic E-state index is 9.47. The van der Waals surface area contributed by atoms with Gasteiger partial charge in [-0.15, -0.1) is 0 Å². The quantitative estimate of drug-likeness (QED) is 0.102. The molecule has 0 atom stereocenters. The molecule has 4 N–H and O–H groups in total. The van der Waals surface area contributed by atoms with Crippen LogP contribution in [0.25, 0.3) is 0 Å².